The summed E-state index contributed by atoms with van der Waals surface area (Å²) in [5.74, 6) is -0.148. The van der Waals surface area contributed by atoms with Crippen LogP contribution >= 0.6 is 45.2 Å². The van der Waals surface area contributed by atoms with Crippen LogP contribution in [0.25, 0.3) is 0 Å². The van der Waals surface area contributed by atoms with Gasteiger partial charge in [0.15, 0.2) is 0 Å². The number of ether oxygens (including phenoxy) is 1. The number of carbonyl (C=O) groups is 2. The minimum Gasteiger partial charge on any atom is -0.506 e. The molecule has 0 aliphatic rings. The molecule has 2 rings (SSSR count). The molecule has 0 heterocycles. The van der Waals surface area contributed by atoms with Crippen molar-refractivity contribution >= 4 is 62.9 Å². The van der Waals surface area contributed by atoms with E-state index in [0.29, 0.717) is 12.8 Å². The molecule has 2 aromatic rings. The summed E-state index contributed by atoms with van der Waals surface area (Å²) in [6.45, 7) is 5.28. The quantitative estimate of drug-likeness (QED) is 0.431. The summed E-state index contributed by atoms with van der Waals surface area (Å²) in [6.07, 6.45) is -0.409. The van der Waals surface area contributed by atoms with E-state index in [1.165, 1.54) is 0 Å². The number of carbonyl (C=O) groups excluding carboxylic acids is 2. The van der Waals surface area contributed by atoms with E-state index in [1.54, 1.807) is 45.0 Å². The summed E-state index contributed by atoms with van der Waals surface area (Å²) < 4.78 is 6.66. The topological polar surface area (TPSA) is 87.7 Å². The predicted molar refractivity (Wildman–Crippen MR) is 125 cm³/mol. The van der Waals surface area contributed by atoms with Crippen LogP contribution in [0.5, 0.6) is 5.75 Å². The van der Waals surface area contributed by atoms with Gasteiger partial charge in [-0.2, -0.15) is 0 Å². The molecule has 28 heavy (non-hydrogen) atoms. The van der Waals surface area contributed by atoms with Gasteiger partial charge in [0.25, 0.3) is 0 Å². The maximum atomic E-state index is 12.8. The van der Waals surface area contributed by atoms with E-state index in [0.717, 1.165) is 5.56 Å². The van der Waals surface area contributed by atoms with Crippen molar-refractivity contribution in [2.75, 3.05) is 5.32 Å². The van der Waals surface area contributed by atoms with E-state index in [1.807, 2.05) is 63.4 Å². The number of hydrogen-bond donors (Lipinski definition) is 3. The SMILES string of the molecule is CC(C)(C)OC(=O)NC(Cc1cc(I)c(O)c(I)c1)C(=O)Nc1ccccc1. The third-order valence-corrected chi connectivity index (χ3v) is 5.21. The van der Waals surface area contributed by atoms with Crippen molar-refractivity contribution in [3.63, 3.8) is 0 Å². The molecule has 0 radical (unpaired) electrons. The molecule has 0 aromatic heterocycles. The van der Waals surface area contributed by atoms with Crippen LogP contribution in [-0.4, -0.2) is 28.7 Å². The molecule has 3 N–H and O–H groups in total. The van der Waals surface area contributed by atoms with E-state index in [2.05, 4.69) is 10.6 Å². The summed E-state index contributed by atoms with van der Waals surface area (Å²) in [7, 11) is 0. The number of hydrogen-bond acceptors (Lipinski definition) is 4. The third-order valence-electron chi connectivity index (χ3n) is 3.57. The number of alkyl carbamates (subject to hydrolysis) is 1. The summed E-state index contributed by atoms with van der Waals surface area (Å²) in [5, 5.41) is 15.4. The van der Waals surface area contributed by atoms with Crippen LogP contribution in [0.15, 0.2) is 42.5 Å². The normalized spacial score (nSPS) is 12.2. The van der Waals surface area contributed by atoms with Crippen LogP contribution < -0.4 is 10.6 Å². The fourth-order valence-corrected chi connectivity index (χ4v) is 4.28. The number of benzene rings is 2. The minimum absolute atomic E-state index is 0.204. The first-order chi connectivity index (χ1) is 13.0. The zero-order valence-corrected chi connectivity index (χ0v) is 20.1. The molecule has 6 nitrogen and oxygen atoms in total. The van der Waals surface area contributed by atoms with Gasteiger partial charge in [-0.3, -0.25) is 4.79 Å². The van der Waals surface area contributed by atoms with Gasteiger partial charge in [-0.05, 0) is 95.8 Å². The summed E-state index contributed by atoms with van der Waals surface area (Å²) in [4.78, 5) is 25.1. The molecular formula is C20H22I2N2O4. The lowest BCUT2D eigenvalue weighted by Gasteiger charge is -2.23. The fraction of sp³-hybridized carbons (Fsp3) is 0.300. The van der Waals surface area contributed by atoms with Crippen LogP contribution in [0.4, 0.5) is 10.5 Å². The molecule has 0 saturated heterocycles. The lowest BCUT2D eigenvalue weighted by molar-refractivity contribution is -0.118. The highest BCUT2D eigenvalue weighted by Crippen LogP contribution is 2.28. The fourth-order valence-electron chi connectivity index (χ4n) is 2.38. The van der Waals surface area contributed by atoms with Crippen molar-refractivity contribution in [1.82, 2.24) is 5.32 Å². The summed E-state index contributed by atoms with van der Waals surface area (Å²) in [6, 6.07) is 11.8. The first-order valence-corrected chi connectivity index (χ1v) is 10.7. The maximum Gasteiger partial charge on any atom is 0.408 e. The highest BCUT2D eigenvalue weighted by Gasteiger charge is 2.25. The number of para-hydroxylation sites is 1. The zero-order valence-electron chi connectivity index (χ0n) is 15.8. The van der Waals surface area contributed by atoms with E-state index >= 15 is 0 Å². The largest absolute Gasteiger partial charge is 0.506 e. The molecule has 2 aromatic carbocycles. The molecule has 0 fully saturated rings. The molecule has 0 spiro atoms. The van der Waals surface area contributed by atoms with Gasteiger partial charge in [0.2, 0.25) is 5.91 Å². The van der Waals surface area contributed by atoms with Gasteiger partial charge in [0.1, 0.15) is 17.4 Å². The Labute approximate surface area is 191 Å². The Balaban J connectivity index is 2.22. The highest BCUT2D eigenvalue weighted by molar-refractivity contribution is 14.1. The Kier molecular flexibility index (Phi) is 7.93. The van der Waals surface area contributed by atoms with E-state index < -0.39 is 17.7 Å². The van der Waals surface area contributed by atoms with Gasteiger partial charge in [-0.25, -0.2) is 4.79 Å². The Bertz CT molecular complexity index is 828. The second-order valence-corrected chi connectivity index (χ2v) is 9.49. The summed E-state index contributed by atoms with van der Waals surface area (Å²) >= 11 is 4.07. The molecule has 150 valence electrons. The van der Waals surface area contributed by atoms with Crippen LogP contribution in [-0.2, 0) is 16.0 Å². The van der Waals surface area contributed by atoms with Crippen molar-refractivity contribution in [3.8, 4) is 5.75 Å². The van der Waals surface area contributed by atoms with Crippen molar-refractivity contribution in [2.24, 2.45) is 0 Å². The number of aromatic hydroxyl groups is 1. The average Bonchev–Trinajstić information content (AvgIpc) is 2.58. The third kappa shape index (κ3) is 7.12. The van der Waals surface area contributed by atoms with Crippen molar-refractivity contribution in [3.05, 3.63) is 55.2 Å². The second kappa shape index (κ2) is 9.77. The molecule has 1 atom stereocenters. The van der Waals surface area contributed by atoms with Crippen LogP contribution in [0.2, 0.25) is 0 Å². The van der Waals surface area contributed by atoms with E-state index in [4.69, 9.17) is 4.74 Å². The van der Waals surface area contributed by atoms with Gasteiger partial charge in [-0.1, -0.05) is 18.2 Å². The lowest BCUT2D eigenvalue weighted by Crippen LogP contribution is -2.47. The molecule has 0 aliphatic heterocycles. The maximum absolute atomic E-state index is 12.8. The van der Waals surface area contributed by atoms with Gasteiger partial charge in [-0.15, -0.1) is 0 Å². The Morgan fingerprint density at radius 1 is 1.11 bits per heavy atom. The molecule has 1 unspecified atom stereocenters. The van der Waals surface area contributed by atoms with Crippen LogP contribution in [0.1, 0.15) is 26.3 Å². The van der Waals surface area contributed by atoms with Gasteiger partial charge in [0, 0.05) is 12.1 Å². The molecule has 0 aliphatic carbocycles. The smallest absolute Gasteiger partial charge is 0.408 e. The second-order valence-electron chi connectivity index (χ2n) is 7.17. The Morgan fingerprint density at radius 3 is 2.21 bits per heavy atom. The van der Waals surface area contributed by atoms with Crippen molar-refractivity contribution < 1.29 is 19.4 Å². The molecule has 8 heteroatoms. The number of amides is 2. The van der Waals surface area contributed by atoms with Crippen LogP contribution in [0.3, 0.4) is 0 Å². The average molecular weight is 608 g/mol. The van der Waals surface area contributed by atoms with Crippen molar-refractivity contribution in [1.29, 1.82) is 0 Å². The van der Waals surface area contributed by atoms with Gasteiger partial charge < -0.3 is 20.5 Å². The van der Waals surface area contributed by atoms with E-state index in [-0.39, 0.29) is 18.1 Å². The number of rotatable bonds is 5. The molecular weight excluding hydrogens is 586 g/mol. The predicted octanol–water partition coefficient (Wildman–Crippen LogP) is 4.68. The first-order valence-electron chi connectivity index (χ1n) is 8.57. The number of halogens is 2. The Morgan fingerprint density at radius 2 is 1.68 bits per heavy atom. The van der Waals surface area contributed by atoms with Gasteiger partial charge in [0.05, 0.1) is 7.14 Å². The summed E-state index contributed by atoms with van der Waals surface area (Å²) in [5.41, 5.74) is 0.780. The number of nitrogens with one attached hydrogen (secondary N) is 2. The minimum atomic E-state index is -0.841. The van der Waals surface area contributed by atoms with Crippen molar-refractivity contribution in [2.45, 2.75) is 38.8 Å². The monoisotopic (exact) mass is 608 g/mol. The van der Waals surface area contributed by atoms with Crippen LogP contribution in [0, 0.1) is 7.14 Å². The zero-order chi connectivity index (χ0) is 20.9. The molecule has 2 amide bonds. The van der Waals surface area contributed by atoms with Gasteiger partial charge >= 0.3 is 6.09 Å². The van der Waals surface area contributed by atoms with E-state index in [9.17, 15) is 14.7 Å². The number of anilines is 1. The highest BCUT2D eigenvalue weighted by atomic mass is 127. The Hall–Kier alpha value is -1.56. The molecule has 0 saturated carbocycles. The standard InChI is InChI=1S/C20H22I2N2O4/c1-20(2,3)28-19(27)24-16(18(26)23-13-7-5-4-6-8-13)11-12-9-14(21)17(25)15(22)10-12/h4-10,16,25H,11H2,1-3H3,(H,23,26)(H,24,27). The number of phenolic OH excluding ortho intramolecular Hbond substituents is 1. The molecule has 0 bridgehead atoms. The first kappa shape index (κ1) is 22.7. The number of phenols is 1. The lowest BCUT2D eigenvalue weighted by atomic mass is 10.0.